The van der Waals surface area contributed by atoms with Gasteiger partial charge in [0.2, 0.25) is 0 Å². The minimum atomic E-state index is -0.287. The van der Waals surface area contributed by atoms with Gasteiger partial charge >= 0.3 is 0 Å². The van der Waals surface area contributed by atoms with Crippen molar-refractivity contribution in [1.29, 1.82) is 0 Å². The van der Waals surface area contributed by atoms with Crippen LogP contribution in [-0.2, 0) is 19.4 Å². The summed E-state index contributed by atoms with van der Waals surface area (Å²) in [5.41, 5.74) is 2.30. The third-order valence-corrected chi connectivity index (χ3v) is 4.76. The molecule has 4 heterocycles. The molecule has 2 unspecified atom stereocenters. The van der Waals surface area contributed by atoms with E-state index in [4.69, 9.17) is 0 Å². The van der Waals surface area contributed by atoms with Gasteiger partial charge in [-0.15, -0.1) is 0 Å². The van der Waals surface area contributed by atoms with Crippen LogP contribution in [0.15, 0.2) is 6.07 Å². The highest BCUT2D eigenvalue weighted by Gasteiger charge is 2.36. The Morgan fingerprint density at radius 1 is 1.30 bits per heavy atom. The maximum Gasteiger partial charge on any atom is 0.0763 e. The monoisotopic (exact) mass is 278 g/mol. The SMILES string of the molecule is CCc1cc(CC(O)C2CN3CCN2CC3)n(CC)n1. The molecule has 1 N–H and O–H groups in total. The first-order valence-corrected chi connectivity index (χ1v) is 7.91. The van der Waals surface area contributed by atoms with Gasteiger partial charge in [0.25, 0.3) is 0 Å². The number of fused-ring (bicyclic) bond motifs is 3. The van der Waals surface area contributed by atoms with Gasteiger partial charge in [0, 0.05) is 57.4 Å². The summed E-state index contributed by atoms with van der Waals surface area (Å²) in [4.78, 5) is 4.93. The van der Waals surface area contributed by atoms with Crippen LogP contribution in [0.4, 0.5) is 0 Å². The van der Waals surface area contributed by atoms with E-state index in [1.807, 2.05) is 4.68 Å². The fraction of sp³-hybridized carbons (Fsp3) is 0.800. The lowest BCUT2D eigenvalue weighted by Crippen LogP contribution is -2.64. The Bertz CT molecular complexity index is 451. The molecule has 0 spiro atoms. The molecule has 1 aromatic rings. The van der Waals surface area contributed by atoms with Crippen molar-refractivity contribution in [3.05, 3.63) is 17.5 Å². The molecule has 5 nitrogen and oxygen atoms in total. The summed E-state index contributed by atoms with van der Waals surface area (Å²) in [7, 11) is 0. The second kappa shape index (κ2) is 5.84. The second-order valence-corrected chi connectivity index (χ2v) is 5.97. The summed E-state index contributed by atoms with van der Waals surface area (Å²) in [5.74, 6) is 0. The van der Waals surface area contributed by atoms with Crippen LogP contribution in [-0.4, -0.2) is 69.6 Å². The van der Waals surface area contributed by atoms with Gasteiger partial charge in [0.15, 0.2) is 0 Å². The summed E-state index contributed by atoms with van der Waals surface area (Å²) in [6.07, 6.45) is 1.39. The first kappa shape index (κ1) is 14.0. The van der Waals surface area contributed by atoms with E-state index in [1.54, 1.807) is 0 Å². The van der Waals surface area contributed by atoms with Crippen LogP contribution in [0.3, 0.4) is 0 Å². The van der Waals surface area contributed by atoms with Crippen LogP contribution < -0.4 is 0 Å². The Morgan fingerprint density at radius 3 is 2.60 bits per heavy atom. The predicted molar refractivity (Wildman–Crippen MR) is 78.8 cm³/mol. The van der Waals surface area contributed by atoms with Crippen LogP contribution in [0.5, 0.6) is 0 Å². The number of aryl methyl sites for hydroxylation is 2. The summed E-state index contributed by atoms with van der Waals surface area (Å²) in [6.45, 7) is 10.7. The number of aliphatic hydroxyl groups is 1. The maximum absolute atomic E-state index is 10.6. The molecule has 20 heavy (non-hydrogen) atoms. The van der Waals surface area contributed by atoms with Crippen LogP contribution >= 0.6 is 0 Å². The zero-order chi connectivity index (χ0) is 14.1. The Balaban J connectivity index is 1.69. The molecule has 5 heteroatoms. The lowest BCUT2D eigenvalue weighted by Gasteiger charge is -2.49. The number of aliphatic hydroxyl groups excluding tert-OH is 1. The van der Waals surface area contributed by atoms with E-state index in [-0.39, 0.29) is 6.10 Å². The van der Waals surface area contributed by atoms with Gasteiger partial charge in [-0.25, -0.2) is 0 Å². The molecular formula is C15H26N4O. The highest BCUT2D eigenvalue weighted by atomic mass is 16.3. The summed E-state index contributed by atoms with van der Waals surface area (Å²) >= 11 is 0. The van der Waals surface area contributed by atoms with Crippen molar-refractivity contribution < 1.29 is 5.11 Å². The lowest BCUT2D eigenvalue weighted by molar-refractivity contribution is -0.0458. The fourth-order valence-corrected chi connectivity index (χ4v) is 3.50. The van der Waals surface area contributed by atoms with Crippen molar-refractivity contribution in [1.82, 2.24) is 19.6 Å². The van der Waals surface area contributed by atoms with Gasteiger partial charge in [-0.05, 0) is 19.4 Å². The van der Waals surface area contributed by atoms with Gasteiger partial charge in [-0.3, -0.25) is 14.5 Å². The molecular weight excluding hydrogens is 252 g/mol. The average molecular weight is 278 g/mol. The van der Waals surface area contributed by atoms with Crippen molar-refractivity contribution >= 4 is 0 Å². The number of nitrogens with zero attached hydrogens (tertiary/aromatic N) is 4. The maximum atomic E-state index is 10.6. The molecule has 4 rings (SSSR count). The Labute approximate surface area is 121 Å². The molecule has 3 aliphatic rings. The topological polar surface area (TPSA) is 44.5 Å². The molecule has 0 radical (unpaired) electrons. The van der Waals surface area contributed by atoms with Crippen molar-refractivity contribution in [3.63, 3.8) is 0 Å². The minimum Gasteiger partial charge on any atom is -0.391 e. The van der Waals surface area contributed by atoms with Crippen molar-refractivity contribution in [2.24, 2.45) is 0 Å². The number of hydrogen-bond donors (Lipinski definition) is 1. The predicted octanol–water partition coefficient (Wildman–Crippen LogP) is 0.369. The molecule has 112 valence electrons. The molecule has 3 saturated heterocycles. The Hall–Kier alpha value is -0.910. The van der Waals surface area contributed by atoms with Crippen molar-refractivity contribution in [3.8, 4) is 0 Å². The van der Waals surface area contributed by atoms with Gasteiger partial charge in [0.05, 0.1) is 11.8 Å². The highest BCUT2D eigenvalue weighted by molar-refractivity contribution is 5.12. The summed E-state index contributed by atoms with van der Waals surface area (Å²) in [6, 6.07) is 2.45. The van der Waals surface area contributed by atoms with E-state index in [0.29, 0.717) is 6.04 Å². The van der Waals surface area contributed by atoms with Gasteiger partial charge in [-0.1, -0.05) is 6.92 Å². The van der Waals surface area contributed by atoms with Gasteiger partial charge in [0.1, 0.15) is 0 Å². The molecule has 2 bridgehead atoms. The molecule has 0 saturated carbocycles. The van der Waals surface area contributed by atoms with Crippen LogP contribution in [0.2, 0.25) is 0 Å². The molecule has 3 aliphatic heterocycles. The number of piperazine rings is 3. The van der Waals surface area contributed by atoms with E-state index < -0.39 is 0 Å². The van der Waals surface area contributed by atoms with Crippen molar-refractivity contribution in [2.75, 3.05) is 32.7 Å². The lowest BCUT2D eigenvalue weighted by atomic mass is 9.98. The van der Waals surface area contributed by atoms with E-state index >= 15 is 0 Å². The Morgan fingerprint density at radius 2 is 2.05 bits per heavy atom. The highest BCUT2D eigenvalue weighted by Crippen LogP contribution is 2.20. The van der Waals surface area contributed by atoms with E-state index in [0.717, 1.165) is 57.8 Å². The van der Waals surface area contributed by atoms with Gasteiger partial charge in [-0.2, -0.15) is 5.10 Å². The first-order valence-electron chi connectivity index (χ1n) is 7.91. The zero-order valence-electron chi connectivity index (χ0n) is 12.6. The standard InChI is InChI=1S/C15H26N4O/c1-3-12-9-13(19(4-2)16-12)10-15(20)14-11-17-5-7-18(14)8-6-17/h9,14-15,20H,3-8,10-11H2,1-2H3. The second-order valence-electron chi connectivity index (χ2n) is 5.97. The molecule has 3 fully saturated rings. The third kappa shape index (κ3) is 2.62. The quantitative estimate of drug-likeness (QED) is 0.845. The largest absolute Gasteiger partial charge is 0.391 e. The molecule has 2 atom stereocenters. The smallest absolute Gasteiger partial charge is 0.0763 e. The number of aromatic nitrogens is 2. The fourth-order valence-electron chi connectivity index (χ4n) is 3.50. The molecule has 0 amide bonds. The van der Waals surface area contributed by atoms with Crippen LogP contribution in [0.25, 0.3) is 0 Å². The van der Waals surface area contributed by atoms with E-state index in [9.17, 15) is 5.11 Å². The number of rotatable bonds is 5. The molecule has 1 aromatic heterocycles. The average Bonchev–Trinajstić information content (AvgIpc) is 2.90. The van der Waals surface area contributed by atoms with E-state index in [2.05, 4.69) is 34.8 Å². The normalized spacial score (nSPS) is 30.6. The first-order chi connectivity index (χ1) is 9.71. The van der Waals surface area contributed by atoms with Crippen molar-refractivity contribution in [2.45, 2.75) is 45.4 Å². The molecule has 0 aliphatic carbocycles. The van der Waals surface area contributed by atoms with E-state index in [1.165, 1.54) is 5.69 Å². The van der Waals surface area contributed by atoms with Crippen LogP contribution in [0, 0.1) is 0 Å². The summed E-state index contributed by atoms with van der Waals surface area (Å²) < 4.78 is 2.04. The van der Waals surface area contributed by atoms with Gasteiger partial charge < -0.3 is 5.11 Å². The minimum absolute atomic E-state index is 0.287. The number of hydrogen-bond acceptors (Lipinski definition) is 4. The molecule has 0 aromatic carbocycles. The summed E-state index contributed by atoms with van der Waals surface area (Å²) in [5, 5.41) is 15.2. The third-order valence-electron chi connectivity index (χ3n) is 4.76. The zero-order valence-corrected chi connectivity index (χ0v) is 12.6. The Kier molecular flexibility index (Phi) is 4.10. The van der Waals surface area contributed by atoms with Crippen LogP contribution in [0.1, 0.15) is 25.2 Å².